The van der Waals surface area contributed by atoms with Crippen molar-refractivity contribution in [3.05, 3.63) is 18.0 Å². The van der Waals surface area contributed by atoms with Gasteiger partial charge in [0.2, 0.25) is 0 Å². The van der Waals surface area contributed by atoms with E-state index in [4.69, 9.17) is 5.73 Å². The third kappa shape index (κ3) is 2.48. The van der Waals surface area contributed by atoms with Crippen molar-refractivity contribution in [1.29, 1.82) is 0 Å². The average Bonchev–Trinajstić information content (AvgIpc) is 2.07. The van der Waals surface area contributed by atoms with Gasteiger partial charge in [0.25, 0.3) is 0 Å². The highest BCUT2D eigenvalue weighted by Crippen LogP contribution is 2.10. The first-order chi connectivity index (χ1) is 5.36. The summed E-state index contributed by atoms with van der Waals surface area (Å²) in [5.41, 5.74) is 6.36. The molecule has 0 atom stereocenters. The van der Waals surface area contributed by atoms with Gasteiger partial charge in [-0.25, -0.2) is 9.97 Å². The zero-order valence-corrected chi connectivity index (χ0v) is 7.27. The largest absolute Gasteiger partial charge is 0.326 e. The molecule has 0 unspecified atom stereocenters. The molecule has 1 heterocycles. The van der Waals surface area contributed by atoms with Crippen molar-refractivity contribution in [2.75, 3.05) is 5.75 Å². The molecule has 4 heteroatoms. The molecule has 0 aliphatic carbocycles. The van der Waals surface area contributed by atoms with E-state index >= 15 is 0 Å². The summed E-state index contributed by atoms with van der Waals surface area (Å²) in [6.45, 7) is 2.59. The fourth-order valence-electron chi connectivity index (χ4n) is 0.652. The molecule has 3 nitrogen and oxygen atoms in total. The Balaban J connectivity index is 2.66. The zero-order chi connectivity index (χ0) is 8.10. The van der Waals surface area contributed by atoms with Crippen molar-refractivity contribution in [1.82, 2.24) is 9.97 Å². The van der Waals surface area contributed by atoms with Gasteiger partial charge in [-0.15, -0.1) is 0 Å². The lowest BCUT2D eigenvalue weighted by Gasteiger charge is -1.97. The normalized spacial score (nSPS) is 10.0. The lowest BCUT2D eigenvalue weighted by molar-refractivity contribution is 0.914. The molecule has 11 heavy (non-hydrogen) atoms. The Hall–Kier alpha value is -0.610. The van der Waals surface area contributed by atoms with Gasteiger partial charge in [-0.1, -0.05) is 18.7 Å². The summed E-state index contributed by atoms with van der Waals surface area (Å²) >= 11 is 1.63. The van der Waals surface area contributed by atoms with Gasteiger partial charge in [0, 0.05) is 24.5 Å². The minimum absolute atomic E-state index is 0.511. The van der Waals surface area contributed by atoms with E-state index in [1.165, 1.54) is 0 Å². The molecule has 1 rings (SSSR count). The van der Waals surface area contributed by atoms with Crippen molar-refractivity contribution in [3.63, 3.8) is 0 Å². The number of hydrogen-bond donors (Lipinski definition) is 1. The molecular weight excluding hydrogens is 158 g/mol. The number of nitrogens with zero attached hydrogens (tertiary/aromatic N) is 2. The van der Waals surface area contributed by atoms with Crippen LogP contribution in [0.1, 0.15) is 12.5 Å². The maximum atomic E-state index is 5.39. The highest BCUT2D eigenvalue weighted by molar-refractivity contribution is 7.99. The zero-order valence-electron chi connectivity index (χ0n) is 6.45. The van der Waals surface area contributed by atoms with Gasteiger partial charge < -0.3 is 5.73 Å². The molecule has 60 valence electrons. The molecule has 0 fully saturated rings. The molecule has 2 N–H and O–H groups in total. The van der Waals surface area contributed by atoms with Gasteiger partial charge in [0.1, 0.15) is 0 Å². The summed E-state index contributed by atoms with van der Waals surface area (Å²) in [5, 5.41) is 0.824. The van der Waals surface area contributed by atoms with Crippen LogP contribution < -0.4 is 5.73 Å². The molecule has 0 spiro atoms. The summed E-state index contributed by atoms with van der Waals surface area (Å²) < 4.78 is 0. The third-order valence-corrected chi connectivity index (χ3v) is 1.95. The van der Waals surface area contributed by atoms with E-state index in [1.807, 2.05) is 0 Å². The topological polar surface area (TPSA) is 51.8 Å². The molecule has 0 radical (unpaired) electrons. The highest BCUT2D eigenvalue weighted by atomic mass is 32.2. The summed E-state index contributed by atoms with van der Waals surface area (Å²) in [5.74, 6) is 1.00. The smallest absolute Gasteiger partial charge is 0.187 e. The second kappa shape index (κ2) is 4.31. The molecular formula is C7H11N3S. The first-order valence-corrected chi connectivity index (χ1v) is 4.49. The van der Waals surface area contributed by atoms with E-state index in [1.54, 1.807) is 24.2 Å². The van der Waals surface area contributed by atoms with Crippen LogP contribution in [0.15, 0.2) is 17.6 Å². The van der Waals surface area contributed by atoms with Gasteiger partial charge in [-0.2, -0.15) is 0 Å². The van der Waals surface area contributed by atoms with Crippen LogP contribution in [0.5, 0.6) is 0 Å². The fourth-order valence-corrected chi connectivity index (χ4v) is 1.16. The van der Waals surface area contributed by atoms with Crippen molar-refractivity contribution >= 4 is 11.8 Å². The quantitative estimate of drug-likeness (QED) is 0.542. The third-order valence-electron chi connectivity index (χ3n) is 1.19. The van der Waals surface area contributed by atoms with Crippen LogP contribution in [-0.4, -0.2) is 15.7 Å². The molecule has 1 aromatic rings. The molecule has 1 aromatic heterocycles. The lowest BCUT2D eigenvalue weighted by atomic mass is 10.4. The minimum atomic E-state index is 0.511. The van der Waals surface area contributed by atoms with Crippen molar-refractivity contribution in [2.45, 2.75) is 18.6 Å². The van der Waals surface area contributed by atoms with Crippen LogP contribution >= 0.6 is 11.8 Å². The Bertz CT molecular complexity index is 209. The van der Waals surface area contributed by atoms with Crippen LogP contribution in [-0.2, 0) is 6.54 Å². The second-order valence-corrected chi connectivity index (χ2v) is 3.24. The van der Waals surface area contributed by atoms with E-state index < -0.39 is 0 Å². The van der Waals surface area contributed by atoms with Crippen LogP contribution in [0.2, 0.25) is 0 Å². The van der Waals surface area contributed by atoms with E-state index in [2.05, 4.69) is 16.9 Å². The molecule has 0 saturated heterocycles. The first-order valence-electron chi connectivity index (χ1n) is 3.50. The van der Waals surface area contributed by atoms with Crippen molar-refractivity contribution < 1.29 is 0 Å². The number of nitrogens with two attached hydrogens (primary N) is 1. The Kier molecular flexibility index (Phi) is 3.32. The molecule has 0 amide bonds. The van der Waals surface area contributed by atoms with Gasteiger partial charge in [-0.05, 0) is 5.75 Å². The van der Waals surface area contributed by atoms with Gasteiger partial charge in [0.05, 0.1) is 0 Å². The highest BCUT2D eigenvalue weighted by Gasteiger charge is 1.94. The Morgan fingerprint density at radius 1 is 1.45 bits per heavy atom. The van der Waals surface area contributed by atoms with E-state index in [0.717, 1.165) is 16.5 Å². The maximum Gasteiger partial charge on any atom is 0.187 e. The van der Waals surface area contributed by atoms with Gasteiger partial charge in [-0.3, -0.25) is 0 Å². The standard InChI is InChI=1S/C7H11N3S/c1-2-11-7-9-4-6(3-8)5-10-7/h4-5H,2-3,8H2,1H3. The van der Waals surface area contributed by atoms with Crippen LogP contribution in [0.4, 0.5) is 0 Å². The molecule has 0 aliphatic heterocycles. The van der Waals surface area contributed by atoms with Crippen LogP contribution in [0.25, 0.3) is 0 Å². The molecule has 0 saturated carbocycles. The predicted molar refractivity (Wildman–Crippen MR) is 46.3 cm³/mol. The molecule has 0 aliphatic rings. The maximum absolute atomic E-state index is 5.39. The summed E-state index contributed by atoms with van der Waals surface area (Å²) in [6, 6.07) is 0. The number of rotatable bonds is 3. The molecule has 0 bridgehead atoms. The van der Waals surface area contributed by atoms with Crippen molar-refractivity contribution in [3.8, 4) is 0 Å². The van der Waals surface area contributed by atoms with Crippen LogP contribution in [0.3, 0.4) is 0 Å². The van der Waals surface area contributed by atoms with E-state index in [9.17, 15) is 0 Å². The van der Waals surface area contributed by atoms with Crippen LogP contribution in [0, 0.1) is 0 Å². The van der Waals surface area contributed by atoms with E-state index in [0.29, 0.717) is 6.54 Å². The monoisotopic (exact) mass is 169 g/mol. The minimum Gasteiger partial charge on any atom is -0.326 e. The number of aromatic nitrogens is 2. The van der Waals surface area contributed by atoms with E-state index in [-0.39, 0.29) is 0 Å². The Morgan fingerprint density at radius 3 is 2.55 bits per heavy atom. The number of hydrogen-bond acceptors (Lipinski definition) is 4. The molecule has 0 aromatic carbocycles. The Labute approximate surface area is 70.4 Å². The van der Waals surface area contributed by atoms with Crippen molar-refractivity contribution in [2.24, 2.45) is 5.73 Å². The van der Waals surface area contributed by atoms with Gasteiger partial charge >= 0.3 is 0 Å². The van der Waals surface area contributed by atoms with Gasteiger partial charge in [0.15, 0.2) is 5.16 Å². The summed E-state index contributed by atoms with van der Waals surface area (Å²) in [6.07, 6.45) is 3.54. The first kappa shape index (κ1) is 8.49. The Morgan fingerprint density at radius 2 is 2.09 bits per heavy atom. The SMILES string of the molecule is CCSc1ncc(CN)cn1. The fraction of sp³-hybridized carbons (Fsp3) is 0.429. The summed E-state index contributed by atoms with van der Waals surface area (Å²) in [7, 11) is 0. The number of thioether (sulfide) groups is 1. The average molecular weight is 169 g/mol. The summed E-state index contributed by atoms with van der Waals surface area (Å²) in [4.78, 5) is 8.22. The predicted octanol–water partition coefficient (Wildman–Crippen LogP) is 1.05. The lowest BCUT2D eigenvalue weighted by Crippen LogP contribution is -1.98. The second-order valence-electron chi connectivity index (χ2n) is 2.01.